The van der Waals surface area contributed by atoms with Crippen molar-refractivity contribution in [1.82, 2.24) is 4.98 Å². The number of hydrogen-bond acceptors (Lipinski definition) is 1. The molecule has 0 unspecified atom stereocenters. The molecule has 1 heterocycles. The fraction of sp³-hybridized carbons (Fsp3) is 0.615. The van der Waals surface area contributed by atoms with Gasteiger partial charge in [-0.25, -0.2) is 0 Å². The molecule has 2 rings (SSSR count). The third-order valence-corrected chi connectivity index (χ3v) is 3.50. The normalized spacial score (nSPS) is 32.9. The number of nitrogens with zero attached hydrogens (tertiary/aromatic N) is 1. The van der Waals surface area contributed by atoms with Gasteiger partial charge in [0.15, 0.2) is 0 Å². The average Bonchev–Trinajstić information content (AvgIpc) is 2.19. The van der Waals surface area contributed by atoms with Crippen molar-refractivity contribution in [2.75, 3.05) is 0 Å². The second-order valence-corrected chi connectivity index (χ2v) is 4.76. The SMILES string of the molecule is C[C@@H]1CC[C@@H](c2ccccn2)[C@H](C)C1. The molecule has 1 aliphatic rings. The molecule has 0 aromatic carbocycles. The van der Waals surface area contributed by atoms with E-state index in [1.807, 2.05) is 12.3 Å². The minimum absolute atomic E-state index is 0.701. The molecule has 3 atom stereocenters. The highest BCUT2D eigenvalue weighted by molar-refractivity contribution is 5.11. The van der Waals surface area contributed by atoms with E-state index >= 15 is 0 Å². The summed E-state index contributed by atoms with van der Waals surface area (Å²) in [7, 11) is 0. The minimum atomic E-state index is 0.701. The fourth-order valence-corrected chi connectivity index (χ4v) is 2.70. The molecule has 0 spiro atoms. The van der Waals surface area contributed by atoms with E-state index in [-0.39, 0.29) is 0 Å². The Hall–Kier alpha value is -0.850. The summed E-state index contributed by atoms with van der Waals surface area (Å²) in [5, 5.41) is 0. The van der Waals surface area contributed by atoms with E-state index < -0.39 is 0 Å². The molecule has 76 valence electrons. The predicted molar refractivity (Wildman–Crippen MR) is 59.2 cm³/mol. The van der Waals surface area contributed by atoms with Crippen molar-refractivity contribution >= 4 is 0 Å². The van der Waals surface area contributed by atoms with E-state index in [9.17, 15) is 0 Å². The Bertz CT molecular complexity index is 281. The highest BCUT2D eigenvalue weighted by Gasteiger charge is 2.26. The van der Waals surface area contributed by atoms with Crippen LogP contribution in [0.2, 0.25) is 0 Å². The molecular formula is C13H19N. The Morgan fingerprint density at radius 3 is 2.71 bits per heavy atom. The lowest BCUT2D eigenvalue weighted by atomic mass is 9.74. The van der Waals surface area contributed by atoms with Gasteiger partial charge in [-0.05, 0) is 36.8 Å². The molecule has 0 radical (unpaired) electrons. The zero-order valence-electron chi connectivity index (χ0n) is 9.11. The van der Waals surface area contributed by atoms with Crippen LogP contribution in [0.25, 0.3) is 0 Å². The molecule has 1 fully saturated rings. The Kier molecular flexibility index (Phi) is 2.85. The van der Waals surface area contributed by atoms with Gasteiger partial charge in [-0.1, -0.05) is 26.3 Å². The van der Waals surface area contributed by atoms with Gasteiger partial charge in [0.25, 0.3) is 0 Å². The van der Waals surface area contributed by atoms with E-state index in [1.165, 1.54) is 25.0 Å². The molecule has 1 nitrogen and oxygen atoms in total. The number of hydrogen-bond donors (Lipinski definition) is 0. The van der Waals surface area contributed by atoms with Gasteiger partial charge < -0.3 is 0 Å². The highest BCUT2D eigenvalue weighted by atomic mass is 14.7. The van der Waals surface area contributed by atoms with Crippen molar-refractivity contribution < 1.29 is 0 Å². The molecule has 0 aliphatic heterocycles. The van der Waals surface area contributed by atoms with Crippen molar-refractivity contribution in [3.8, 4) is 0 Å². The number of rotatable bonds is 1. The summed E-state index contributed by atoms with van der Waals surface area (Å²) in [6.07, 6.45) is 5.96. The standard InChI is InChI=1S/C13H19N/c1-10-6-7-12(11(2)9-10)13-5-3-4-8-14-13/h3-5,8,10-12H,6-7,9H2,1-2H3/t10-,11-,12-/m1/s1. The van der Waals surface area contributed by atoms with Gasteiger partial charge in [0.1, 0.15) is 0 Å². The Balaban J connectivity index is 2.12. The third-order valence-electron chi connectivity index (χ3n) is 3.50. The molecule has 1 saturated carbocycles. The van der Waals surface area contributed by atoms with E-state index in [0.717, 1.165) is 11.8 Å². The lowest BCUT2D eigenvalue weighted by Gasteiger charge is -2.32. The van der Waals surface area contributed by atoms with Gasteiger partial charge in [-0.15, -0.1) is 0 Å². The van der Waals surface area contributed by atoms with Crippen molar-refractivity contribution in [1.29, 1.82) is 0 Å². The van der Waals surface area contributed by atoms with Crippen molar-refractivity contribution in [2.45, 2.75) is 39.0 Å². The number of pyridine rings is 1. The molecule has 0 saturated heterocycles. The van der Waals surface area contributed by atoms with Crippen LogP contribution in [0, 0.1) is 11.8 Å². The maximum absolute atomic E-state index is 4.48. The topological polar surface area (TPSA) is 12.9 Å². The summed E-state index contributed by atoms with van der Waals surface area (Å²) in [5.74, 6) is 2.41. The van der Waals surface area contributed by atoms with E-state index in [2.05, 4.69) is 31.0 Å². The maximum atomic E-state index is 4.48. The molecule has 1 aromatic heterocycles. The van der Waals surface area contributed by atoms with E-state index in [4.69, 9.17) is 0 Å². The summed E-state index contributed by atoms with van der Waals surface area (Å²) < 4.78 is 0. The maximum Gasteiger partial charge on any atom is 0.0437 e. The molecule has 0 amide bonds. The molecule has 0 N–H and O–H groups in total. The first kappa shape index (κ1) is 9.70. The van der Waals surface area contributed by atoms with Gasteiger partial charge in [0.05, 0.1) is 0 Å². The van der Waals surface area contributed by atoms with Gasteiger partial charge in [0, 0.05) is 17.8 Å². The quantitative estimate of drug-likeness (QED) is 0.657. The Morgan fingerprint density at radius 2 is 2.07 bits per heavy atom. The Morgan fingerprint density at radius 1 is 1.21 bits per heavy atom. The zero-order chi connectivity index (χ0) is 9.97. The van der Waals surface area contributed by atoms with Crippen LogP contribution in [0.15, 0.2) is 24.4 Å². The summed E-state index contributed by atoms with van der Waals surface area (Å²) in [6, 6.07) is 6.28. The first-order valence-corrected chi connectivity index (χ1v) is 5.68. The smallest absolute Gasteiger partial charge is 0.0437 e. The predicted octanol–water partition coefficient (Wildman–Crippen LogP) is 3.62. The lowest BCUT2D eigenvalue weighted by Crippen LogP contribution is -2.20. The van der Waals surface area contributed by atoms with Crippen molar-refractivity contribution in [3.05, 3.63) is 30.1 Å². The summed E-state index contributed by atoms with van der Waals surface area (Å²) in [5.41, 5.74) is 1.30. The van der Waals surface area contributed by atoms with Crippen LogP contribution < -0.4 is 0 Å². The summed E-state index contributed by atoms with van der Waals surface area (Å²) in [6.45, 7) is 4.74. The van der Waals surface area contributed by atoms with Gasteiger partial charge in [0.2, 0.25) is 0 Å². The first-order valence-electron chi connectivity index (χ1n) is 5.68. The summed E-state index contributed by atoms with van der Waals surface area (Å²) in [4.78, 5) is 4.48. The lowest BCUT2D eigenvalue weighted by molar-refractivity contribution is 0.258. The monoisotopic (exact) mass is 189 g/mol. The van der Waals surface area contributed by atoms with Crippen LogP contribution in [-0.4, -0.2) is 4.98 Å². The molecule has 14 heavy (non-hydrogen) atoms. The van der Waals surface area contributed by atoms with Crippen LogP contribution in [0.3, 0.4) is 0 Å². The molecule has 1 heteroatoms. The van der Waals surface area contributed by atoms with E-state index in [0.29, 0.717) is 5.92 Å². The van der Waals surface area contributed by atoms with Crippen molar-refractivity contribution in [2.24, 2.45) is 11.8 Å². The van der Waals surface area contributed by atoms with Gasteiger partial charge in [-0.2, -0.15) is 0 Å². The first-order chi connectivity index (χ1) is 6.77. The van der Waals surface area contributed by atoms with Crippen LogP contribution in [0.4, 0.5) is 0 Å². The largest absolute Gasteiger partial charge is 0.261 e. The number of aromatic nitrogens is 1. The van der Waals surface area contributed by atoms with Crippen LogP contribution in [0.1, 0.15) is 44.7 Å². The average molecular weight is 189 g/mol. The molecule has 1 aromatic rings. The van der Waals surface area contributed by atoms with Gasteiger partial charge in [-0.3, -0.25) is 4.98 Å². The minimum Gasteiger partial charge on any atom is -0.261 e. The second kappa shape index (κ2) is 4.12. The molecular weight excluding hydrogens is 170 g/mol. The van der Waals surface area contributed by atoms with E-state index in [1.54, 1.807) is 0 Å². The second-order valence-electron chi connectivity index (χ2n) is 4.76. The van der Waals surface area contributed by atoms with Crippen LogP contribution in [0.5, 0.6) is 0 Å². The fourth-order valence-electron chi connectivity index (χ4n) is 2.70. The highest BCUT2D eigenvalue weighted by Crippen LogP contribution is 2.38. The van der Waals surface area contributed by atoms with Crippen molar-refractivity contribution in [3.63, 3.8) is 0 Å². The van der Waals surface area contributed by atoms with Crippen LogP contribution in [-0.2, 0) is 0 Å². The molecule has 1 aliphatic carbocycles. The third kappa shape index (κ3) is 1.97. The Labute approximate surface area is 86.6 Å². The zero-order valence-corrected chi connectivity index (χ0v) is 9.11. The van der Waals surface area contributed by atoms with Gasteiger partial charge >= 0.3 is 0 Å². The molecule has 0 bridgehead atoms. The van der Waals surface area contributed by atoms with Crippen LogP contribution >= 0.6 is 0 Å². The summed E-state index contributed by atoms with van der Waals surface area (Å²) >= 11 is 0.